The van der Waals surface area contributed by atoms with Gasteiger partial charge in [0.2, 0.25) is 0 Å². The van der Waals surface area contributed by atoms with Crippen LogP contribution in [0.1, 0.15) is 32.1 Å². The number of aliphatic hydroxyl groups is 1. The Balaban J connectivity index is 3.40. The van der Waals surface area contributed by atoms with Gasteiger partial charge >= 0.3 is 0 Å². The van der Waals surface area contributed by atoms with E-state index in [1.54, 1.807) is 7.11 Å². The van der Waals surface area contributed by atoms with Gasteiger partial charge in [-0.25, -0.2) is 0 Å². The number of thioether (sulfide) groups is 1. The van der Waals surface area contributed by atoms with Crippen LogP contribution < -0.4 is 0 Å². The average Bonchev–Trinajstić information content (AvgIpc) is 2.20. The molecule has 0 aliphatic rings. The summed E-state index contributed by atoms with van der Waals surface area (Å²) in [6.45, 7) is 1.22. The molecule has 1 N–H and O–H groups in total. The first kappa shape index (κ1) is 14.3. The number of methoxy groups -OCH3 is 1. The largest absolute Gasteiger partial charge is 0.396 e. The highest BCUT2D eigenvalue weighted by molar-refractivity contribution is 7.98. The van der Waals surface area contributed by atoms with Gasteiger partial charge in [-0.3, -0.25) is 0 Å². The van der Waals surface area contributed by atoms with E-state index in [-0.39, 0.29) is 0 Å². The third kappa shape index (κ3) is 8.85. The molecule has 0 bridgehead atoms. The van der Waals surface area contributed by atoms with Crippen molar-refractivity contribution in [1.29, 1.82) is 0 Å². The van der Waals surface area contributed by atoms with Gasteiger partial charge in [0.05, 0.1) is 0 Å². The van der Waals surface area contributed by atoms with Gasteiger partial charge in [0.1, 0.15) is 0 Å². The normalized spacial score (nSPS) is 13.1. The Hall–Kier alpha value is 0.270. The van der Waals surface area contributed by atoms with E-state index in [0.29, 0.717) is 12.5 Å². The minimum Gasteiger partial charge on any atom is -0.396 e. The molecule has 2 nitrogen and oxygen atoms in total. The van der Waals surface area contributed by atoms with Crippen molar-refractivity contribution < 1.29 is 9.84 Å². The first-order valence-electron chi connectivity index (χ1n) is 5.43. The summed E-state index contributed by atoms with van der Waals surface area (Å²) in [5, 5.41) is 8.65. The predicted molar refractivity (Wildman–Crippen MR) is 63.9 cm³/mol. The van der Waals surface area contributed by atoms with E-state index in [1.807, 2.05) is 11.8 Å². The molecule has 0 saturated carbocycles. The number of hydrogen-bond donors (Lipinski definition) is 1. The van der Waals surface area contributed by atoms with Crippen molar-refractivity contribution in [2.24, 2.45) is 5.92 Å². The molecule has 3 heteroatoms. The van der Waals surface area contributed by atoms with Crippen molar-refractivity contribution in [2.45, 2.75) is 32.1 Å². The van der Waals surface area contributed by atoms with Crippen molar-refractivity contribution in [2.75, 3.05) is 32.3 Å². The fraction of sp³-hybridized carbons (Fsp3) is 1.00. The Morgan fingerprint density at radius 3 is 2.57 bits per heavy atom. The van der Waals surface area contributed by atoms with Crippen LogP contribution in [0.25, 0.3) is 0 Å². The Morgan fingerprint density at radius 2 is 2.00 bits per heavy atom. The predicted octanol–water partition coefficient (Wildman–Crippen LogP) is 2.55. The van der Waals surface area contributed by atoms with Gasteiger partial charge in [-0.1, -0.05) is 12.8 Å². The third-order valence-electron chi connectivity index (χ3n) is 2.40. The van der Waals surface area contributed by atoms with E-state index >= 15 is 0 Å². The summed E-state index contributed by atoms with van der Waals surface area (Å²) >= 11 is 1.90. The molecule has 0 radical (unpaired) electrons. The lowest BCUT2D eigenvalue weighted by Gasteiger charge is -2.14. The molecule has 0 aromatic carbocycles. The lowest BCUT2D eigenvalue weighted by atomic mass is 9.99. The molecule has 0 aliphatic carbocycles. The topological polar surface area (TPSA) is 29.5 Å². The van der Waals surface area contributed by atoms with Crippen molar-refractivity contribution in [3.05, 3.63) is 0 Å². The van der Waals surface area contributed by atoms with Gasteiger partial charge in [-0.05, 0) is 37.2 Å². The second-order valence-electron chi connectivity index (χ2n) is 3.68. The van der Waals surface area contributed by atoms with Gasteiger partial charge in [-0.2, -0.15) is 11.8 Å². The maximum Gasteiger partial charge on any atom is 0.0490 e. The number of unbranched alkanes of at least 4 members (excludes halogenated alkanes) is 2. The lowest BCUT2D eigenvalue weighted by Crippen LogP contribution is -2.09. The fourth-order valence-electron chi connectivity index (χ4n) is 1.55. The maximum atomic E-state index is 8.65. The highest BCUT2D eigenvalue weighted by Crippen LogP contribution is 2.16. The monoisotopic (exact) mass is 220 g/mol. The molecule has 0 heterocycles. The van der Waals surface area contributed by atoms with E-state index in [4.69, 9.17) is 9.84 Å². The van der Waals surface area contributed by atoms with Crippen LogP contribution in [0.2, 0.25) is 0 Å². The molecule has 86 valence electrons. The molecule has 0 saturated heterocycles. The van der Waals surface area contributed by atoms with Crippen molar-refractivity contribution in [3.63, 3.8) is 0 Å². The van der Waals surface area contributed by atoms with E-state index in [1.165, 1.54) is 25.0 Å². The van der Waals surface area contributed by atoms with Crippen LogP contribution in [0, 0.1) is 5.92 Å². The minimum atomic E-state index is 0.333. The van der Waals surface area contributed by atoms with Crippen molar-refractivity contribution in [3.8, 4) is 0 Å². The fourth-order valence-corrected chi connectivity index (χ4v) is 2.12. The molecule has 0 aliphatic heterocycles. The van der Waals surface area contributed by atoms with Crippen LogP contribution >= 0.6 is 11.8 Å². The number of aliphatic hydroxyl groups excluding tert-OH is 1. The second kappa shape index (κ2) is 11.3. The van der Waals surface area contributed by atoms with E-state index < -0.39 is 0 Å². The zero-order valence-corrected chi connectivity index (χ0v) is 10.3. The molecular formula is C11H24O2S. The zero-order chi connectivity index (χ0) is 10.6. The highest BCUT2D eigenvalue weighted by atomic mass is 32.2. The Labute approximate surface area is 92.4 Å². The van der Waals surface area contributed by atoms with Crippen LogP contribution in [0.5, 0.6) is 0 Å². The quantitative estimate of drug-likeness (QED) is 0.574. The number of ether oxygens (including phenoxy) is 1. The smallest absolute Gasteiger partial charge is 0.0490 e. The molecule has 0 unspecified atom stereocenters. The molecule has 0 rings (SSSR count). The van der Waals surface area contributed by atoms with E-state index in [2.05, 4.69) is 6.26 Å². The second-order valence-corrected chi connectivity index (χ2v) is 4.66. The van der Waals surface area contributed by atoms with Gasteiger partial charge in [-0.15, -0.1) is 0 Å². The Kier molecular flexibility index (Phi) is 11.6. The molecule has 1 atom stereocenters. The highest BCUT2D eigenvalue weighted by Gasteiger charge is 2.07. The molecule has 14 heavy (non-hydrogen) atoms. The molecule has 0 aromatic rings. The van der Waals surface area contributed by atoms with Gasteiger partial charge in [0, 0.05) is 20.3 Å². The summed E-state index contributed by atoms with van der Waals surface area (Å²) in [5.74, 6) is 1.94. The summed E-state index contributed by atoms with van der Waals surface area (Å²) < 4.78 is 5.20. The Bertz CT molecular complexity index is 109. The molecular weight excluding hydrogens is 196 g/mol. The van der Waals surface area contributed by atoms with Gasteiger partial charge in [0.15, 0.2) is 0 Å². The number of hydrogen-bond acceptors (Lipinski definition) is 3. The summed E-state index contributed by atoms with van der Waals surface area (Å²) in [5.41, 5.74) is 0. The van der Waals surface area contributed by atoms with Gasteiger partial charge < -0.3 is 9.84 Å². The summed E-state index contributed by atoms with van der Waals surface area (Å²) in [7, 11) is 1.78. The third-order valence-corrected chi connectivity index (χ3v) is 3.05. The molecule has 0 spiro atoms. The van der Waals surface area contributed by atoms with Crippen LogP contribution in [0.4, 0.5) is 0 Å². The van der Waals surface area contributed by atoms with Crippen molar-refractivity contribution >= 4 is 11.8 Å². The standard InChI is InChI=1S/C11H24O2S/c1-13-10-11(7-9-14-2)6-4-3-5-8-12/h11-12H,3-10H2,1-2H3/t11-/m1/s1. The van der Waals surface area contributed by atoms with Gasteiger partial charge in [0.25, 0.3) is 0 Å². The van der Waals surface area contributed by atoms with Crippen LogP contribution in [-0.4, -0.2) is 37.4 Å². The lowest BCUT2D eigenvalue weighted by molar-refractivity contribution is 0.144. The molecule has 0 aromatic heterocycles. The van der Waals surface area contributed by atoms with E-state index in [9.17, 15) is 0 Å². The maximum absolute atomic E-state index is 8.65. The van der Waals surface area contributed by atoms with Crippen LogP contribution in [0.15, 0.2) is 0 Å². The van der Waals surface area contributed by atoms with Crippen molar-refractivity contribution in [1.82, 2.24) is 0 Å². The van der Waals surface area contributed by atoms with E-state index in [0.717, 1.165) is 19.4 Å². The zero-order valence-electron chi connectivity index (χ0n) is 9.50. The number of rotatable bonds is 10. The van der Waals surface area contributed by atoms with Crippen LogP contribution in [-0.2, 0) is 4.74 Å². The average molecular weight is 220 g/mol. The Morgan fingerprint density at radius 1 is 1.21 bits per heavy atom. The molecule has 0 fully saturated rings. The summed E-state index contributed by atoms with van der Waals surface area (Å²) in [4.78, 5) is 0. The summed E-state index contributed by atoms with van der Waals surface area (Å²) in [6.07, 6.45) is 7.97. The minimum absolute atomic E-state index is 0.333. The SMILES string of the molecule is COC[C@H](CCCCCO)CCSC. The first-order chi connectivity index (χ1) is 6.85. The summed E-state index contributed by atoms with van der Waals surface area (Å²) in [6, 6.07) is 0. The molecule has 0 amide bonds. The first-order valence-corrected chi connectivity index (χ1v) is 6.83. The van der Waals surface area contributed by atoms with Crippen LogP contribution in [0.3, 0.4) is 0 Å².